The molecule has 0 aliphatic rings. The van der Waals surface area contributed by atoms with Crippen molar-refractivity contribution in [3.63, 3.8) is 0 Å². The normalized spacial score (nSPS) is 10.0. The summed E-state index contributed by atoms with van der Waals surface area (Å²) < 4.78 is 11.6. The molecule has 0 saturated carbocycles. The minimum absolute atomic E-state index is 0.245. The van der Waals surface area contributed by atoms with Crippen molar-refractivity contribution in [1.29, 1.82) is 5.26 Å². The van der Waals surface area contributed by atoms with Crippen LogP contribution in [0.1, 0.15) is 12.5 Å². The molecule has 0 saturated heterocycles. The van der Waals surface area contributed by atoms with Gasteiger partial charge in [0.15, 0.2) is 18.1 Å². The van der Waals surface area contributed by atoms with Gasteiger partial charge in [0.1, 0.15) is 0 Å². The number of nitrogens with one attached hydrogen (secondary N) is 1. The standard InChI is InChI=1S/C17H13BrCl2N2O3/c1-2-24-15-6-10(8-21)5-12(18)17(15)25-9-16(23)22-11-3-4-13(19)14(20)7-11/h3-7H,2,9H2,1H3,(H,22,23). The molecule has 0 bridgehead atoms. The van der Waals surface area contributed by atoms with Gasteiger partial charge in [0.25, 0.3) is 5.91 Å². The topological polar surface area (TPSA) is 71.3 Å². The minimum Gasteiger partial charge on any atom is -0.490 e. The average molecular weight is 444 g/mol. The summed E-state index contributed by atoms with van der Waals surface area (Å²) in [6.07, 6.45) is 0. The van der Waals surface area contributed by atoms with Crippen LogP contribution in [0.3, 0.4) is 0 Å². The van der Waals surface area contributed by atoms with E-state index >= 15 is 0 Å². The largest absolute Gasteiger partial charge is 0.490 e. The van der Waals surface area contributed by atoms with Crippen LogP contribution >= 0.6 is 39.1 Å². The Kier molecular flexibility index (Phi) is 6.94. The summed E-state index contributed by atoms with van der Waals surface area (Å²) in [6, 6.07) is 9.95. The maximum absolute atomic E-state index is 12.1. The van der Waals surface area contributed by atoms with Crippen molar-refractivity contribution < 1.29 is 14.3 Å². The van der Waals surface area contributed by atoms with Crippen molar-refractivity contribution in [3.8, 4) is 17.6 Å². The monoisotopic (exact) mass is 442 g/mol. The van der Waals surface area contributed by atoms with Gasteiger partial charge in [0.05, 0.1) is 32.8 Å². The summed E-state index contributed by atoms with van der Waals surface area (Å²) in [6.45, 7) is 1.96. The van der Waals surface area contributed by atoms with Crippen molar-refractivity contribution in [1.82, 2.24) is 0 Å². The molecule has 2 rings (SSSR count). The Balaban J connectivity index is 2.08. The molecule has 0 aliphatic carbocycles. The first-order chi connectivity index (χ1) is 11.9. The lowest BCUT2D eigenvalue weighted by Crippen LogP contribution is -2.20. The van der Waals surface area contributed by atoms with Gasteiger partial charge in [-0.25, -0.2) is 0 Å². The van der Waals surface area contributed by atoms with Gasteiger partial charge >= 0.3 is 0 Å². The van der Waals surface area contributed by atoms with Crippen molar-refractivity contribution >= 4 is 50.7 Å². The molecular formula is C17H13BrCl2N2O3. The Morgan fingerprint density at radius 2 is 2.00 bits per heavy atom. The molecule has 8 heteroatoms. The van der Waals surface area contributed by atoms with Crippen molar-refractivity contribution in [2.75, 3.05) is 18.5 Å². The highest BCUT2D eigenvalue weighted by Gasteiger charge is 2.14. The number of carbonyl (C=O) groups is 1. The van der Waals surface area contributed by atoms with E-state index in [0.717, 1.165) is 0 Å². The zero-order valence-electron chi connectivity index (χ0n) is 13.1. The van der Waals surface area contributed by atoms with Crippen molar-refractivity contribution in [3.05, 3.63) is 50.4 Å². The van der Waals surface area contributed by atoms with Crippen LogP contribution in [0.15, 0.2) is 34.8 Å². The third-order valence-electron chi connectivity index (χ3n) is 2.99. The van der Waals surface area contributed by atoms with E-state index in [-0.39, 0.29) is 12.5 Å². The van der Waals surface area contributed by atoms with Crippen LogP contribution in [0.25, 0.3) is 0 Å². The molecule has 2 aromatic carbocycles. The predicted octanol–water partition coefficient (Wildman–Crippen LogP) is 5.04. The Morgan fingerprint density at radius 1 is 1.24 bits per heavy atom. The average Bonchev–Trinajstić information content (AvgIpc) is 2.57. The Bertz CT molecular complexity index is 837. The number of hydrogen-bond acceptors (Lipinski definition) is 4. The molecule has 0 aromatic heterocycles. The first-order valence-corrected chi connectivity index (χ1v) is 8.73. The highest BCUT2D eigenvalue weighted by atomic mass is 79.9. The van der Waals surface area contributed by atoms with E-state index in [2.05, 4.69) is 21.2 Å². The van der Waals surface area contributed by atoms with Gasteiger partial charge in [-0.1, -0.05) is 23.2 Å². The molecule has 0 fully saturated rings. The van der Waals surface area contributed by atoms with Crippen LogP contribution in [-0.2, 0) is 4.79 Å². The molecular weight excluding hydrogens is 431 g/mol. The summed E-state index contributed by atoms with van der Waals surface area (Å²) in [5.41, 5.74) is 0.926. The van der Waals surface area contributed by atoms with Crippen LogP contribution in [0.4, 0.5) is 5.69 Å². The predicted molar refractivity (Wildman–Crippen MR) is 101 cm³/mol. The van der Waals surface area contributed by atoms with Crippen LogP contribution in [0, 0.1) is 11.3 Å². The van der Waals surface area contributed by atoms with E-state index in [9.17, 15) is 4.79 Å². The first kappa shape index (κ1) is 19.4. The van der Waals surface area contributed by atoms with Crippen LogP contribution in [-0.4, -0.2) is 19.1 Å². The summed E-state index contributed by atoms with van der Waals surface area (Å²) >= 11 is 15.1. The molecule has 1 amide bonds. The Hall–Kier alpha value is -1.94. The second kappa shape index (κ2) is 8.95. The number of amides is 1. The molecule has 0 spiro atoms. The summed E-state index contributed by atoms with van der Waals surface area (Å²) in [5.74, 6) is 0.359. The smallest absolute Gasteiger partial charge is 0.262 e. The Labute approximate surface area is 163 Å². The molecule has 130 valence electrons. The number of ether oxygens (including phenoxy) is 2. The summed E-state index contributed by atoms with van der Waals surface area (Å²) in [4.78, 5) is 12.1. The number of rotatable bonds is 6. The number of nitriles is 1. The zero-order valence-corrected chi connectivity index (χ0v) is 16.2. The molecule has 25 heavy (non-hydrogen) atoms. The van der Waals surface area contributed by atoms with Gasteiger partial charge in [-0.05, 0) is 47.1 Å². The third kappa shape index (κ3) is 5.27. The van der Waals surface area contributed by atoms with Crippen LogP contribution in [0.2, 0.25) is 10.0 Å². The van der Waals surface area contributed by atoms with E-state index in [1.54, 1.807) is 30.3 Å². The maximum Gasteiger partial charge on any atom is 0.262 e. The van der Waals surface area contributed by atoms with Crippen LogP contribution < -0.4 is 14.8 Å². The lowest BCUT2D eigenvalue weighted by molar-refractivity contribution is -0.118. The van der Waals surface area contributed by atoms with Gasteiger partial charge < -0.3 is 14.8 Å². The SMILES string of the molecule is CCOc1cc(C#N)cc(Br)c1OCC(=O)Nc1ccc(Cl)c(Cl)c1. The molecule has 0 unspecified atom stereocenters. The number of anilines is 1. The minimum atomic E-state index is -0.378. The molecule has 0 radical (unpaired) electrons. The van der Waals surface area contributed by atoms with Crippen LogP contribution in [0.5, 0.6) is 11.5 Å². The first-order valence-electron chi connectivity index (χ1n) is 7.18. The van der Waals surface area contributed by atoms with Gasteiger partial charge in [-0.15, -0.1) is 0 Å². The lowest BCUT2D eigenvalue weighted by atomic mass is 10.2. The van der Waals surface area contributed by atoms with Gasteiger partial charge in [0.2, 0.25) is 0 Å². The van der Waals surface area contributed by atoms with Crippen molar-refractivity contribution in [2.45, 2.75) is 6.92 Å². The lowest BCUT2D eigenvalue weighted by Gasteiger charge is -2.14. The number of hydrogen-bond donors (Lipinski definition) is 1. The summed E-state index contributed by atoms with van der Waals surface area (Å²) in [7, 11) is 0. The van der Waals surface area contributed by atoms with Gasteiger partial charge in [-0.3, -0.25) is 4.79 Å². The Morgan fingerprint density at radius 3 is 2.64 bits per heavy atom. The fourth-order valence-corrected chi connectivity index (χ4v) is 2.80. The number of halogens is 3. The zero-order chi connectivity index (χ0) is 18.4. The van der Waals surface area contributed by atoms with E-state index < -0.39 is 0 Å². The second-order valence-corrected chi connectivity index (χ2v) is 6.46. The quantitative estimate of drug-likeness (QED) is 0.678. The van der Waals surface area contributed by atoms with Gasteiger partial charge in [-0.2, -0.15) is 5.26 Å². The van der Waals surface area contributed by atoms with Gasteiger partial charge in [0, 0.05) is 11.8 Å². The molecule has 5 nitrogen and oxygen atoms in total. The molecule has 1 N–H and O–H groups in total. The van der Waals surface area contributed by atoms with E-state index in [4.69, 9.17) is 37.9 Å². The van der Waals surface area contributed by atoms with E-state index in [0.29, 0.717) is 43.9 Å². The molecule has 0 atom stereocenters. The van der Waals surface area contributed by atoms with Crippen molar-refractivity contribution in [2.24, 2.45) is 0 Å². The number of nitrogens with zero attached hydrogens (tertiary/aromatic N) is 1. The number of benzene rings is 2. The summed E-state index contributed by atoms with van der Waals surface area (Å²) in [5, 5.41) is 12.4. The van der Waals surface area contributed by atoms with E-state index in [1.807, 2.05) is 13.0 Å². The maximum atomic E-state index is 12.1. The highest BCUT2D eigenvalue weighted by molar-refractivity contribution is 9.10. The molecule has 0 aliphatic heterocycles. The molecule has 2 aromatic rings. The van der Waals surface area contributed by atoms with E-state index in [1.165, 1.54) is 0 Å². The third-order valence-corrected chi connectivity index (χ3v) is 4.32. The fraction of sp³-hybridized carbons (Fsp3) is 0.176. The molecule has 0 heterocycles. The number of carbonyl (C=O) groups excluding carboxylic acids is 1. The fourth-order valence-electron chi connectivity index (χ4n) is 1.94. The second-order valence-electron chi connectivity index (χ2n) is 4.80. The highest BCUT2D eigenvalue weighted by Crippen LogP contribution is 2.36.